The van der Waals surface area contributed by atoms with Gasteiger partial charge < -0.3 is 10.4 Å². The van der Waals surface area contributed by atoms with Gasteiger partial charge in [0.15, 0.2) is 0 Å². The Balaban J connectivity index is 3.06. The summed E-state index contributed by atoms with van der Waals surface area (Å²) in [5.41, 5.74) is 0. The van der Waals surface area contributed by atoms with E-state index in [0.29, 0.717) is 6.54 Å². The van der Waals surface area contributed by atoms with Gasteiger partial charge in [-0.05, 0) is 12.8 Å². The zero-order valence-corrected chi connectivity index (χ0v) is 10.7. The maximum Gasteiger partial charge on any atom is 0.0754 e. The monoisotopic (exact) mass is 231 g/mol. The minimum atomic E-state index is 0.164. The van der Waals surface area contributed by atoms with Crippen LogP contribution in [0.1, 0.15) is 58.3 Å². The summed E-state index contributed by atoms with van der Waals surface area (Å²) in [7, 11) is 0. The van der Waals surface area contributed by atoms with Gasteiger partial charge in [-0.25, -0.2) is 0 Å². The second-order valence-electron chi connectivity index (χ2n) is 3.94. The highest BCUT2D eigenvalue weighted by Crippen LogP contribution is 2.08. The molecule has 2 nitrogen and oxygen atoms in total. The molecular formula is C12H25NOS. The molecule has 0 atom stereocenters. The van der Waals surface area contributed by atoms with Gasteiger partial charge in [-0.1, -0.05) is 57.7 Å². The fraction of sp³-hybridized carbons (Fsp3) is 0.917. The van der Waals surface area contributed by atoms with Crippen molar-refractivity contribution < 1.29 is 5.11 Å². The number of hydrogen-bond acceptors (Lipinski definition) is 2. The van der Waals surface area contributed by atoms with E-state index >= 15 is 0 Å². The van der Waals surface area contributed by atoms with Gasteiger partial charge in [-0.15, -0.1) is 0 Å². The molecule has 0 saturated carbocycles. The molecule has 0 spiro atoms. The third-order valence-corrected chi connectivity index (χ3v) is 2.79. The molecule has 0 aliphatic carbocycles. The van der Waals surface area contributed by atoms with Crippen molar-refractivity contribution in [1.82, 2.24) is 5.32 Å². The van der Waals surface area contributed by atoms with Crippen LogP contribution in [0.4, 0.5) is 0 Å². The first-order chi connectivity index (χ1) is 7.31. The Kier molecular flexibility index (Phi) is 11.8. The van der Waals surface area contributed by atoms with Crippen molar-refractivity contribution in [2.45, 2.75) is 58.3 Å². The maximum atomic E-state index is 8.59. The van der Waals surface area contributed by atoms with E-state index in [0.717, 1.165) is 11.4 Å². The highest BCUT2D eigenvalue weighted by molar-refractivity contribution is 7.80. The Bertz CT molecular complexity index is 151. The molecule has 90 valence electrons. The molecule has 15 heavy (non-hydrogen) atoms. The molecule has 0 heterocycles. The van der Waals surface area contributed by atoms with Crippen molar-refractivity contribution in [3.8, 4) is 0 Å². The molecule has 0 aliphatic heterocycles. The lowest BCUT2D eigenvalue weighted by Crippen LogP contribution is -2.24. The summed E-state index contributed by atoms with van der Waals surface area (Å²) < 4.78 is 0. The summed E-state index contributed by atoms with van der Waals surface area (Å²) in [6.07, 6.45) is 10.2. The predicted molar refractivity (Wildman–Crippen MR) is 70.3 cm³/mol. The molecule has 2 N–H and O–H groups in total. The molecule has 0 fully saturated rings. The van der Waals surface area contributed by atoms with E-state index in [2.05, 4.69) is 12.2 Å². The normalized spacial score (nSPS) is 10.3. The van der Waals surface area contributed by atoms with Gasteiger partial charge in [0.25, 0.3) is 0 Å². The third kappa shape index (κ3) is 11.8. The Morgan fingerprint density at radius 3 is 2.27 bits per heavy atom. The van der Waals surface area contributed by atoms with Crippen LogP contribution in [0.2, 0.25) is 0 Å². The molecule has 0 bridgehead atoms. The van der Waals surface area contributed by atoms with Gasteiger partial charge >= 0.3 is 0 Å². The SMILES string of the molecule is CCCCCCCCCC(=S)NCCO. The van der Waals surface area contributed by atoms with Crippen molar-refractivity contribution in [2.24, 2.45) is 0 Å². The number of thiocarbonyl (C=S) groups is 1. The molecule has 0 aromatic rings. The molecule has 0 aliphatic rings. The quantitative estimate of drug-likeness (QED) is 0.448. The lowest BCUT2D eigenvalue weighted by molar-refractivity contribution is 0.300. The van der Waals surface area contributed by atoms with E-state index in [1.54, 1.807) is 0 Å². The van der Waals surface area contributed by atoms with Crippen LogP contribution in [0.3, 0.4) is 0 Å². The topological polar surface area (TPSA) is 32.3 Å². The van der Waals surface area contributed by atoms with Crippen LogP contribution in [0.15, 0.2) is 0 Å². The number of aliphatic hydroxyl groups excluding tert-OH is 1. The van der Waals surface area contributed by atoms with Crippen LogP contribution < -0.4 is 5.32 Å². The first kappa shape index (κ1) is 14.8. The van der Waals surface area contributed by atoms with Gasteiger partial charge in [0, 0.05) is 6.54 Å². The molecule has 0 unspecified atom stereocenters. The first-order valence-corrected chi connectivity index (χ1v) is 6.59. The van der Waals surface area contributed by atoms with Crippen molar-refractivity contribution in [2.75, 3.05) is 13.2 Å². The second-order valence-corrected chi connectivity index (χ2v) is 4.44. The minimum Gasteiger partial charge on any atom is -0.395 e. The Hall–Kier alpha value is -0.150. The highest BCUT2D eigenvalue weighted by Gasteiger charge is 1.95. The largest absolute Gasteiger partial charge is 0.395 e. The molecule has 0 aromatic heterocycles. The fourth-order valence-corrected chi connectivity index (χ4v) is 1.77. The predicted octanol–water partition coefficient (Wildman–Crippen LogP) is 3.04. The zero-order valence-electron chi connectivity index (χ0n) is 9.93. The zero-order chi connectivity index (χ0) is 11.4. The van der Waals surface area contributed by atoms with Crippen molar-refractivity contribution in [3.05, 3.63) is 0 Å². The maximum absolute atomic E-state index is 8.59. The Morgan fingerprint density at radius 1 is 1.07 bits per heavy atom. The number of unbranched alkanes of at least 4 members (excludes halogenated alkanes) is 6. The van der Waals surface area contributed by atoms with E-state index in [4.69, 9.17) is 17.3 Å². The second kappa shape index (κ2) is 11.9. The molecular weight excluding hydrogens is 206 g/mol. The van der Waals surface area contributed by atoms with Crippen LogP contribution in [-0.2, 0) is 0 Å². The Labute approximate surface area is 99.5 Å². The van der Waals surface area contributed by atoms with Gasteiger partial charge in [-0.3, -0.25) is 0 Å². The lowest BCUT2D eigenvalue weighted by Gasteiger charge is -2.05. The smallest absolute Gasteiger partial charge is 0.0754 e. The number of rotatable bonds is 10. The van der Waals surface area contributed by atoms with Crippen LogP contribution in [0, 0.1) is 0 Å². The van der Waals surface area contributed by atoms with Crippen LogP contribution in [0.25, 0.3) is 0 Å². The molecule has 0 rings (SSSR count). The molecule has 0 aromatic carbocycles. The lowest BCUT2D eigenvalue weighted by atomic mass is 10.1. The van der Waals surface area contributed by atoms with Crippen molar-refractivity contribution in [1.29, 1.82) is 0 Å². The number of hydrogen-bond donors (Lipinski definition) is 2. The molecule has 3 heteroatoms. The summed E-state index contributed by atoms with van der Waals surface area (Å²) >= 11 is 5.12. The summed E-state index contributed by atoms with van der Waals surface area (Å²) in [6, 6.07) is 0. The minimum absolute atomic E-state index is 0.164. The molecule has 0 saturated heterocycles. The summed E-state index contributed by atoms with van der Waals surface area (Å²) in [5, 5.41) is 11.6. The van der Waals surface area contributed by atoms with Gasteiger partial charge in [0.05, 0.1) is 11.6 Å². The highest BCUT2D eigenvalue weighted by atomic mass is 32.1. The van der Waals surface area contributed by atoms with Crippen LogP contribution >= 0.6 is 12.2 Å². The average molecular weight is 231 g/mol. The molecule has 0 amide bonds. The van der Waals surface area contributed by atoms with Gasteiger partial charge in [0.2, 0.25) is 0 Å². The summed E-state index contributed by atoms with van der Waals surface area (Å²) in [4.78, 5) is 0.901. The molecule has 0 radical (unpaired) electrons. The summed E-state index contributed by atoms with van der Waals surface area (Å²) in [6.45, 7) is 3.00. The first-order valence-electron chi connectivity index (χ1n) is 6.18. The van der Waals surface area contributed by atoms with Crippen LogP contribution in [0.5, 0.6) is 0 Å². The van der Waals surface area contributed by atoms with E-state index < -0.39 is 0 Å². The Morgan fingerprint density at radius 2 is 1.67 bits per heavy atom. The average Bonchev–Trinajstić information content (AvgIpc) is 2.25. The fourth-order valence-electron chi connectivity index (χ4n) is 1.53. The third-order valence-electron chi connectivity index (χ3n) is 2.44. The van der Waals surface area contributed by atoms with Crippen LogP contribution in [-0.4, -0.2) is 23.2 Å². The van der Waals surface area contributed by atoms with E-state index in [1.807, 2.05) is 0 Å². The van der Waals surface area contributed by atoms with Gasteiger partial charge in [-0.2, -0.15) is 0 Å². The van der Waals surface area contributed by atoms with Crippen molar-refractivity contribution in [3.63, 3.8) is 0 Å². The number of nitrogens with one attached hydrogen (secondary N) is 1. The van der Waals surface area contributed by atoms with E-state index in [-0.39, 0.29) is 6.61 Å². The van der Waals surface area contributed by atoms with E-state index in [9.17, 15) is 0 Å². The standard InChI is InChI=1S/C12H25NOS/c1-2-3-4-5-6-7-8-9-12(15)13-10-11-14/h14H,2-11H2,1H3,(H,13,15). The van der Waals surface area contributed by atoms with Gasteiger partial charge in [0.1, 0.15) is 0 Å². The van der Waals surface area contributed by atoms with Crippen molar-refractivity contribution >= 4 is 17.2 Å². The number of aliphatic hydroxyl groups is 1. The summed E-state index contributed by atoms with van der Waals surface area (Å²) in [5.74, 6) is 0. The van der Waals surface area contributed by atoms with E-state index in [1.165, 1.54) is 44.9 Å².